The smallest absolute Gasteiger partial charge is 0.246 e. The van der Waals surface area contributed by atoms with E-state index in [2.05, 4.69) is 42.6 Å². The Hall–Kier alpha value is -1.79. The van der Waals surface area contributed by atoms with Gasteiger partial charge in [-0.05, 0) is 36.4 Å². The molecule has 2 rings (SSSR count). The van der Waals surface area contributed by atoms with E-state index in [1.54, 1.807) is 17.9 Å². The quantitative estimate of drug-likeness (QED) is 0.808. The molecule has 1 atom stereocenters. The number of hydrogen-bond donors (Lipinski definition) is 2. The van der Waals surface area contributed by atoms with Gasteiger partial charge < -0.3 is 10.6 Å². The van der Waals surface area contributed by atoms with Crippen LogP contribution in [0.25, 0.3) is 0 Å². The van der Waals surface area contributed by atoms with Gasteiger partial charge in [0.1, 0.15) is 6.04 Å². The largest absolute Gasteiger partial charge is 0.324 e. The molecule has 2 N–H and O–H groups in total. The summed E-state index contributed by atoms with van der Waals surface area (Å²) in [6.07, 6.45) is 3.56. The number of carbonyl (C=O) groups excluding carboxylic acids is 1. The summed E-state index contributed by atoms with van der Waals surface area (Å²) in [4.78, 5) is 12.7. The molecule has 0 saturated heterocycles. The Morgan fingerprint density at radius 3 is 2.71 bits per heavy atom. The predicted octanol–water partition coefficient (Wildman–Crippen LogP) is 3.27. The van der Waals surface area contributed by atoms with Crippen LogP contribution >= 0.6 is 11.8 Å². The molecule has 0 aliphatic heterocycles. The lowest BCUT2D eigenvalue weighted by Gasteiger charge is -2.17. The average molecular weight is 347 g/mol. The SMILES string of the molecule is CNC(C(=O)Nc1cccc(CSC(C)C)c1C)c1cnn(C)c1. The van der Waals surface area contributed by atoms with E-state index in [1.807, 2.05) is 37.1 Å². The number of carbonyl (C=O) groups is 1. The van der Waals surface area contributed by atoms with Crippen LogP contribution in [0.5, 0.6) is 0 Å². The van der Waals surface area contributed by atoms with E-state index >= 15 is 0 Å². The molecular formula is C18H26N4OS. The third kappa shape index (κ3) is 4.61. The second-order valence-electron chi connectivity index (χ2n) is 6.11. The van der Waals surface area contributed by atoms with Crippen LogP contribution in [0.1, 0.15) is 36.6 Å². The number of thioether (sulfide) groups is 1. The molecule has 0 fully saturated rings. The van der Waals surface area contributed by atoms with Crippen LogP contribution in [0.4, 0.5) is 5.69 Å². The number of rotatable bonds is 7. The maximum Gasteiger partial charge on any atom is 0.246 e. The Balaban J connectivity index is 2.14. The van der Waals surface area contributed by atoms with Crippen LogP contribution in [-0.2, 0) is 17.6 Å². The number of amides is 1. The minimum atomic E-state index is -0.424. The van der Waals surface area contributed by atoms with Gasteiger partial charge in [-0.3, -0.25) is 9.48 Å². The van der Waals surface area contributed by atoms with Crippen LogP contribution in [0, 0.1) is 6.92 Å². The monoisotopic (exact) mass is 346 g/mol. The summed E-state index contributed by atoms with van der Waals surface area (Å²) >= 11 is 1.90. The van der Waals surface area contributed by atoms with E-state index in [-0.39, 0.29) is 5.91 Å². The highest BCUT2D eigenvalue weighted by Gasteiger charge is 2.21. The number of aromatic nitrogens is 2. The molecule has 0 aliphatic rings. The topological polar surface area (TPSA) is 59.0 Å². The van der Waals surface area contributed by atoms with Crippen molar-refractivity contribution in [2.24, 2.45) is 7.05 Å². The first kappa shape index (κ1) is 18.5. The van der Waals surface area contributed by atoms with Crippen molar-refractivity contribution >= 4 is 23.4 Å². The van der Waals surface area contributed by atoms with E-state index in [4.69, 9.17) is 0 Å². The highest BCUT2D eigenvalue weighted by Crippen LogP contribution is 2.25. The lowest BCUT2D eigenvalue weighted by molar-refractivity contribution is -0.118. The first-order valence-electron chi connectivity index (χ1n) is 8.09. The molecule has 0 aliphatic carbocycles. The van der Waals surface area contributed by atoms with Gasteiger partial charge >= 0.3 is 0 Å². The number of likely N-dealkylation sites (N-methyl/N-ethyl adjacent to an activating group) is 1. The van der Waals surface area contributed by atoms with Gasteiger partial charge in [-0.15, -0.1) is 0 Å². The van der Waals surface area contributed by atoms with Gasteiger partial charge in [0.05, 0.1) is 6.20 Å². The number of nitrogens with zero attached hydrogens (tertiary/aromatic N) is 2. The minimum Gasteiger partial charge on any atom is -0.324 e. The zero-order chi connectivity index (χ0) is 17.7. The second-order valence-corrected chi connectivity index (χ2v) is 7.67. The number of anilines is 1. The maximum atomic E-state index is 12.7. The van der Waals surface area contributed by atoms with Crippen molar-refractivity contribution in [3.8, 4) is 0 Å². The van der Waals surface area contributed by atoms with E-state index in [1.165, 1.54) is 5.56 Å². The number of aryl methyl sites for hydroxylation is 1. The Morgan fingerprint density at radius 2 is 2.12 bits per heavy atom. The molecule has 130 valence electrons. The van der Waals surface area contributed by atoms with E-state index < -0.39 is 6.04 Å². The maximum absolute atomic E-state index is 12.7. The van der Waals surface area contributed by atoms with Gasteiger partial charge in [0.25, 0.3) is 0 Å². The van der Waals surface area contributed by atoms with E-state index in [9.17, 15) is 4.79 Å². The molecule has 1 aromatic heterocycles. The van der Waals surface area contributed by atoms with Gasteiger partial charge in [0.15, 0.2) is 0 Å². The molecule has 1 heterocycles. The molecule has 6 heteroatoms. The first-order valence-corrected chi connectivity index (χ1v) is 9.14. The third-order valence-electron chi connectivity index (χ3n) is 3.89. The Bertz CT molecular complexity index is 696. The van der Waals surface area contributed by atoms with E-state index in [0.717, 1.165) is 22.6 Å². The summed E-state index contributed by atoms with van der Waals surface area (Å²) in [6.45, 7) is 6.44. The highest BCUT2D eigenvalue weighted by molar-refractivity contribution is 7.99. The zero-order valence-corrected chi connectivity index (χ0v) is 15.8. The fourth-order valence-corrected chi connectivity index (χ4v) is 3.30. The van der Waals surface area contributed by atoms with Crippen LogP contribution in [-0.4, -0.2) is 28.0 Å². The van der Waals surface area contributed by atoms with Crippen LogP contribution < -0.4 is 10.6 Å². The summed E-state index contributed by atoms with van der Waals surface area (Å²) in [7, 11) is 3.62. The molecule has 1 amide bonds. The molecule has 5 nitrogen and oxygen atoms in total. The fourth-order valence-electron chi connectivity index (χ4n) is 2.47. The molecule has 0 bridgehead atoms. The second kappa shape index (κ2) is 8.35. The Kier molecular flexibility index (Phi) is 6.45. The van der Waals surface area contributed by atoms with Crippen molar-refractivity contribution in [1.29, 1.82) is 0 Å². The molecule has 1 aromatic carbocycles. The Labute approximate surface area is 148 Å². The van der Waals surface area contributed by atoms with Gasteiger partial charge in [-0.1, -0.05) is 26.0 Å². The number of nitrogens with one attached hydrogen (secondary N) is 2. The number of benzene rings is 1. The normalized spacial score (nSPS) is 12.4. The van der Waals surface area contributed by atoms with Crippen molar-refractivity contribution < 1.29 is 4.79 Å². The van der Waals surface area contributed by atoms with Crippen LogP contribution in [0.2, 0.25) is 0 Å². The fraction of sp³-hybridized carbons (Fsp3) is 0.444. The third-order valence-corrected chi connectivity index (χ3v) is 5.03. The molecule has 0 radical (unpaired) electrons. The van der Waals surface area contributed by atoms with Crippen molar-refractivity contribution in [2.45, 2.75) is 37.8 Å². The van der Waals surface area contributed by atoms with Crippen molar-refractivity contribution in [2.75, 3.05) is 12.4 Å². The van der Waals surface area contributed by atoms with Crippen LogP contribution in [0.3, 0.4) is 0 Å². The summed E-state index contributed by atoms with van der Waals surface area (Å²) < 4.78 is 1.70. The van der Waals surface area contributed by atoms with Crippen LogP contribution in [0.15, 0.2) is 30.6 Å². The van der Waals surface area contributed by atoms with Crippen molar-refractivity contribution in [3.05, 3.63) is 47.3 Å². The molecule has 1 unspecified atom stereocenters. The lowest BCUT2D eigenvalue weighted by Crippen LogP contribution is -2.30. The summed E-state index contributed by atoms with van der Waals surface area (Å²) in [6, 6.07) is 5.65. The average Bonchev–Trinajstić information content (AvgIpc) is 2.95. The first-order chi connectivity index (χ1) is 11.4. The highest BCUT2D eigenvalue weighted by atomic mass is 32.2. The Morgan fingerprint density at radius 1 is 1.38 bits per heavy atom. The van der Waals surface area contributed by atoms with Crippen molar-refractivity contribution in [1.82, 2.24) is 15.1 Å². The minimum absolute atomic E-state index is 0.0812. The van der Waals surface area contributed by atoms with E-state index in [0.29, 0.717) is 5.25 Å². The predicted molar refractivity (Wildman–Crippen MR) is 101 cm³/mol. The van der Waals surface area contributed by atoms with Gasteiger partial charge in [0, 0.05) is 30.2 Å². The van der Waals surface area contributed by atoms with Gasteiger partial charge in [0.2, 0.25) is 5.91 Å². The summed E-state index contributed by atoms with van der Waals surface area (Å²) in [5.74, 6) is 0.868. The van der Waals surface area contributed by atoms with Gasteiger partial charge in [-0.2, -0.15) is 16.9 Å². The van der Waals surface area contributed by atoms with Gasteiger partial charge in [-0.25, -0.2) is 0 Å². The molecule has 0 saturated carbocycles. The number of hydrogen-bond acceptors (Lipinski definition) is 4. The molecule has 2 aromatic rings. The van der Waals surface area contributed by atoms with Crippen molar-refractivity contribution in [3.63, 3.8) is 0 Å². The molecule has 0 spiro atoms. The molecular weight excluding hydrogens is 320 g/mol. The summed E-state index contributed by atoms with van der Waals surface area (Å²) in [5, 5.41) is 10.8. The lowest BCUT2D eigenvalue weighted by atomic mass is 10.1. The standard InChI is InChI=1S/C18H26N4OS/c1-12(2)24-11-14-7-6-8-16(13(14)3)21-18(23)17(19-4)15-9-20-22(5)10-15/h6-10,12,17,19H,11H2,1-5H3,(H,21,23). The summed E-state index contributed by atoms with van der Waals surface area (Å²) in [5.41, 5.74) is 4.10. The zero-order valence-electron chi connectivity index (χ0n) is 15.0. The molecule has 24 heavy (non-hydrogen) atoms.